The van der Waals surface area contributed by atoms with Crippen molar-refractivity contribution in [3.8, 4) is 6.07 Å². The lowest BCUT2D eigenvalue weighted by Gasteiger charge is -2.13. The highest BCUT2D eigenvalue weighted by Crippen LogP contribution is 2.06. The highest BCUT2D eigenvalue weighted by Gasteiger charge is 2.09. The molecule has 0 spiro atoms. The van der Waals surface area contributed by atoms with Crippen molar-refractivity contribution in [1.29, 1.82) is 5.26 Å². The third-order valence-corrected chi connectivity index (χ3v) is 1.83. The zero-order valence-electron chi connectivity index (χ0n) is 6.75. The first kappa shape index (κ1) is 8.51. The number of rotatable bonds is 4. The van der Waals surface area contributed by atoms with E-state index >= 15 is 0 Å². The van der Waals surface area contributed by atoms with E-state index in [1.807, 2.05) is 6.07 Å². The van der Waals surface area contributed by atoms with Crippen molar-refractivity contribution in [1.82, 2.24) is 4.90 Å². The number of nitriles is 1. The normalized spacial score (nSPS) is 18.5. The summed E-state index contributed by atoms with van der Waals surface area (Å²) in [5.41, 5.74) is 0. The van der Waals surface area contributed by atoms with Crippen molar-refractivity contribution in [2.75, 3.05) is 26.4 Å². The zero-order valence-corrected chi connectivity index (χ0v) is 6.75. The molecule has 0 amide bonds. The fourth-order valence-corrected chi connectivity index (χ4v) is 1.22. The summed E-state index contributed by atoms with van der Waals surface area (Å²) in [7, 11) is 0. The van der Waals surface area contributed by atoms with E-state index in [0.717, 1.165) is 13.1 Å². The molecule has 0 aromatic heterocycles. The van der Waals surface area contributed by atoms with Crippen LogP contribution in [0.2, 0.25) is 0 Å². The van der Waals surface area contributed by atoms with Gasteiger partial charge >= 0.3 is 0 Å². The second-order valence-corrected chi connectivity index (χ2v) is 2.77. The van der Waals surface area contributed by atoms with Crippen LogP contribution in [0.5, 0.6) is 0 Å². The van der Waals surface area contributed by atoms with Gasteiger partial charge < -0.3 is 4.74 Å². The van der Waals surface area contributed by atoms with Crippen molar-refractivity contribution < 1.29 is 4.74 Å². The predicted molar refractivity (Wildman–Crippen MR) is 41.9 cm³/mol. The van der Waals surface area contributed by atoms with Crippen LogP contribution in [0.15, 0.2) is 0 Å². The van der Waals surface area contributed by atoms with E-state index in [4.69, 9.17) is 10.00 Å². The minimum Gasteiger partial charge on any atom is -0.365 e. The molecule has 0 aromatic rings. The molecule has 3 nitrogen and oxygen atoms in total. The van der Waals surface area contributed by atoms with E-state index in [-0.39, 0.29) is 0 Å². The molecule has 1 fully saturated rings. The Bertz CT molecular complexity index is 136. The summed E-state index contributed by atoms with van der Waals surface area (Å²) >= 11 is 0. The van der Waals surface area contributed by atoms with Crippen molar-refractivity contribution >= 4 is 0 Å². The van der Waals surface area contributed by atoms with Gasteiger partial charge in [-0.25, -0.2) is 0 Å². The van der Waals surface area contributed by atoms with E-state index in [1.54, 1.807) is 0 Å². The summed E-state index contributed by atoms with van der Waals surface area (Å²) in [6, 6.07) is 2.05. The summed E-state index contributed by atoms with van der Waals surface area (Å²) < 4.78 is 5.26. The maximum Gasteiger partial charge on any atom is 0.0990 e. The first-order valence-electron chi connectivity index (χ1n) is 4.10. The van der Waals surface area contributed by atoms with Gasteiger partial charge in [-0.05, 0) is 12.8 Å². The van der Waals surface area contributed by atoms with Crippen LogP contribution in [0.1, 0.15) is 19.3 Å². The number of hydrogen-bond acceptors (Lipinski definition) is 3. The summed E-state index contributed by atoms with van der Waals surface area (Å²) in [6.07, 6.45) is 3.09. The molecule has 0 saturated carbocycles. The molecule has 0 bridgehead atoms. The Hall–Kier alpha value is -0.590. The summed E-state index contributed by atoms with van der Waals surface area (Å²) in [6.45, 7) is 3.60. The quantitative estimate of drug-likeness (QED) is 0.566. The third kappa shape index (κ3) is 3.35. The van der Waals surface area contributed by atoms with E-state index in [0.29, 0.717) is 19.8 Å². The van der Waals surface area contributed by atoms with Crippen molar-refractivity contribution in [2.45, 2.75) is 19.3 Å². The smallest absolute Gasteiger partial charge is 0.0990 e. The van der Waals surface area contributed by atoms with Crippen LogP contribution >= 0.6 is 0 Å². The Morgan fingerprint density at radius 3 is 2.73 bits per heavy atom. The van der Waals surface area contributed by atoms with Gasteiger partial charge in [0.2, 0.25) is 0 Å². The SMILES string of the molecule is N#CCCOCN1CCCC1. The molecule has 1 rings (SSSR count). The van der Waals surface area contributed by atoms with Crippen LogP contribution in [0.25, 0.3) is 0 Å². The van der Waals surface area contributed by atoms with Crippen LogP contribution in [-0.4, -0.2) is 31.3 Å². The Kier molecular flexibility index (Phi) is 3.95. The molecule has 1 heterocycles. The maximum atomic E-state index is 8.21. The number of nitrogens with zero attached hydrogens (tertiary/aromatic N) is 2. The third-order valence-electron chi connectivity index (χ3n) is 1.83. The fourth-order valence-electron chi connectivity index (χ4n) is 1.22. The lowest BCUT2D eigenvalue weighted by atomic mass is 10.4. The average molecular weight is 154 g/mol. The minimum atomic E-state index is 0.508. The van der Waals surface area contributed by atoms with Crippen molar-refractivity contribution in [3.05, 3.63) is 0 Å². The molecule has 0 N–H and O–H groups in total. The van der Waals surface area contributed by atoms with E-state index < -0.39 is 0 Å². The largest absolute Gasteiger partial charge is 0.365 e. The molecule has 62 valence electrons. The molecule has 0 aromatic carbocycles. The van der Waals surface area contributed by atoms with Crippen molar-refractivity contribution in [3.63, 3.8) is 0 Å². The Labute approximate surface area is 67.6 Å². The van der Waals surface area contributed by atoms with Crippen LogP contribution < -0.4 is 0 Å². The van der Waals surface area contributed by atoms with E-state index in [1.165, 1.54) is 12.8 Å². The molecule has 1 aliphatic rings. The first-order valence-corrected chi connectivity index (χ1v) is 4.10. The average Bonchev–Trinajstić information content (AvgIpc) is 2.50. The van der Waals surface area contributed by atoms with Crippen LogP contribution in [0, 0.1) is 11.3 Å². The van der Waals surface area contributed by atoms with Gasteiger partial charge in [0.05, 0.1) is 25.8 Å². The molecular weight excluding hydrogens is 140 g/mol. The highest BCUT2D eigenvalue weighted by molar-refractivity contribution is 4.67. The summed E-state index contributed by atoms with van der Waals surface area (Å²) in [5.74, 6) is 0. The number of ether oxygens (including phenoxy) is 1. The standard InChI is InChI=1S/C8H14N2O/c9-4-3-7-11-8-10-5-1-2-6-10/h1-3,5-8H2. The van der Waals surface area contributed by atoms with Gasteiger partial charge in [0.25, 0.3) is 0 Å². The molecule has 11 heavy (non-hydrogen) atoms. The Morgan fingerprint density at radius 1 is 1.36 bits per heavy atom. The number of hydrogen-bond donors (Lipinski definition) is 0. The van der Waals surface area contributed by atoms with Gasteiger partial charge in [-0.1, -0.05) is 0 Å². The molecule has 0 atom stereocenters. The Balaban J connectivity index is 1.90. The summed E-state index contributed by atoms with van der Waals surface area (Å²) in [5, 5.41) is 8.21. The molecule has 0 unspecified atom stereocenters. The van der Waals surface area contributed by atoms with Gasteiger partial charge in [0, 0.05) is 13.1 Å². The lowest BCUT2D eigenvalue weighted by Crippen LogP contribution is -2.22. The van der Waals surface area contributed by atoms with Gasteiger partial charge in [0.1, 0.15) is 0 Å². The zero-order chi connectivity index (χ0) is 7.94. The van der Waals surface area contributed by atoms with Gasteiger partial charge in [-0.3, -0.25) is 4.90 Å². The molecule has 0 radical (unpaired) electrons. The van der Waals surface area contributed by atoms with Gasteiger partial charge in [0.15, 0.2) is 0 Å². The van der Waals surface area contributed by atoms with E-state index in [9.17, 15) is 0 Å². The second kappa shape index (κ2) is 5.11. The van der Waals surface area contributed by atoms with Crippen LogP contribution in [-0.2, 0) is 4.74 Å². The molecule has 1 saturated heterocycles. The highest BCUT2D eigenvalue weighted by atomic mass is 16.5. The second-order valence-electron chi connectivity index (χ2n) is 2.77. The predicted octanol–water partition coefficient (Wildman–Crippen LogP) is 0.970. The first-order chi connectivity index (χ1) is 5.43. The monoisotopic (exact) mass is 154 g/mol. The van der Waals surface area contributed by atoms with Gasteiger partial charge in [-0.15, -0.1) is 0 Å². The minimum absolute atomic E-state index is 0.508. The molecule has 3 heteroatoms. The molecule has 0 aliphatic carbocycles. The molecular formula is C8H14N2O. The topological polar surface area (TPSA) is 36.3 Å². The fraction of sp³-hybridized carbons (Fsp3) is 0.875. The summed E-state index contributed by atoms with van der Waals surface area (Å²) in [4.78, 5) is 2.28. The maximum absolute atomic E-state index is 8.21. The van der Waals surface area contributed by atoms with E-state index in [2.05, 4.69) is 4.90 Å². The van der Waals surface area contributed by atoms with Crippen molar-refractivity contribution in [2.24, 2.45) is 0 Å². The Morgan fingerprint density at radius 2 is 2.09 bits per heavy atom. The molecule has 1 aliphatic heterocycles. The number of likely N-dealkylation sites (tertiary alicyclic amines) is 1. The lowest BCUT2D eigenvalue weighted by molar-refractivity contribution is 0.0450. The van der Waals surface area contributed by atoms with Crippen LogP contribution in [0.4, 0.5) is 0 Å². The van der Waals surface area contributed by atoms with Gasteiger partial charge in [-0.2, -0.15) is 5.26 Å². The van der Waals surface area contributed by atoms with Crippen LogP contribution in [0.3, 0.4) is 0 Å².